The SMILES string of the molecule is Cc1cc(C=O)ccc1C=C(CN)B1OC(C)(C)C(C)(C)O1. The maximum Gasteiger partial charge on any atom is 0.491 e. The molecule has 118 valence electrons. The lowest BCUT2D eigenvalue weighted by atomic mass is 9.77. The molecule has 0 aromatic heterocycles. The van der Waals surface area contributed by atoms with Crippen LogP contribution in [0.5, 0.6) is 0 Å². The molecule has 4 nitrogen and oxygen atoms in total. The predicted octanol–water partition coefficient (Wildman–Crippen LogP) is 2.78. The van der Waals surface area contributed by atoms with Gasteiger partial charge >= 0.3 is 7.12 Å². The number of aldehydes is 1. The van der Waals surface area contributed by atoms with Crippen LogP contribution in [0.3, 0.4) is 0 Å². The second-order valence-corrected chi connectivity index (χ2v) is 6.75. The van der Waals surface area contributed by atoms with Gasteiger partial charge in [0.1, 0.15) is 6.29 Å². The highest BCUT2D eigenvalue weighted by molar-refractivity contribution is 6.55. The second kappa shape index (κ2) is 5.99. The van der Waals surface area contributed by atoms with Gasteiger partial charge < -0.3 is 15.0 Å². The molecule has 5 heteroatoms. The van der Waals surface area contributed by atoms with Crippen molar-refractivity contribution in [2.45, 2.75) is 45.8 Å². The predicted molar refractivity (Wildman–Crippen MR) is 89.7 cm³/mol. The van der Waals surface area contributed by atoms with E-state index in [1.807, 2.05) is 52.8 Å². The number of carbonyl (C=O) groups is 1. The highest BCUT2D eigenvalue weighted by atomic mass is 16.7. The summed E-state index contributed by atoms with van der Waals surface area (Å²) in [4.78, 5) is 10.8. The molecule has 1 aromatic carbocycles. The van der Waals surface area contributed by atoms with Gasteiger partial charge in [-0.2, -0.15) is 0 Å². The number of hydrogen-bond donors (Lipinski definition) is 1. The summed E-state index contributed by atoms with van der Waals surface area (Å²) in [6, 6.07) is 5.57. The lowest BCUT2D eigenvalue weighted by molar-refractivity contribution is 0.00578. The van der Waals surface area contributed by atoms with Gasteiger partial charge in [-0.3, -0.25) is 4.79 Å². The van der Waals surface area contributed by atoms with Crippen molar-refractivity contribution in [3.8, 4) is 0 Å². The molecule has 0 atom stereocenters. The molecule has 0 amide bonds. The number of carbonyl (C=O) groups excluding carboxylic acids is 1. The van der Waals surface area contributed by atoms with E-state index in [9.17, 15) is 4.79 Å². The van der Waals surface area contributed by atoms with E-state index < -0.39 is 7.12 Å². The molecule has 0 saturated carbocycles. The van der Waals surface area contributed by atoms with E-state index in [1.165, 1.54) is 0 Å². The summed E-state index contributed by atoms with van der Waals surface area (Å²) in [7, 11) is -0.444. The second-order valence-electron chi connectivity index (χ2n) is 6.75. The number of aryl methyl sites for hydroxylation is 1. The van der Waals surface area contributed by atoms with Gasteiger partial charge in [-0.25, -0.2) is 0 Å². The van der Waals surface area contributed by atoms with Crippen molar-refractivity contribution in [1.82, 2.24) is 0 Å². The van der Waals surface area contributed by atoms with E-state index in [1.54, 1.807) is 6.07 Å². The Kier molecular flexibility index (Phi) is 4.61. The Hall–Kier alpha value is -1.43. The maximum atomic E-state index is 10.8. The first kappa shape index (κ1) is 16.9. The van der Waals surface area contributed by atoms with Crippen LogP contribution in [0.4, 0.5) is 0 Å². The summed E-state index contributed by atoms with van der Waals surface area (Å²) >= 11 is 0. The molecule has 1 heterocycles. The van der Waals surface area contributed by atoms with Crippen molar-refractivity contribution in [2.75, 3.05) is 6.54 Å². The van der Waals surface area contributed by atoms with E-state index >= 15 is 0 Å². The van der Waals surface area contributed by atoms with Gasteiger partial charge in [-0.1, -0.05) is 18.2 Å². The molecule has 0 bridgehead atoms. The third-order valence-electron chi connectivity index (χ3n) is 4.56. The first-order chi connectivity index (χ1) is 10.2. The van der Waals surface area contributed by atoms with Gasteiger partial charge in [0.15, 0.2) is 0 Å². The molecule has 2 N–H and O–H groups in total. The topological polar surface area (TPSA) is 61.6 Å². The van der Waals surface area contributed by atoms with Crippen LogP contribution >= 0.6 is 0 Å². The van der Waals surface area contributed by atoms with Crippen LogP contribution in [-0.4, -0.2) is 31.2 Å². The van der Waals surface area contributed by atoms with Gasteiger partial charge in [0.25, 0.3) is 0 Å². The molecular formula is C17H24BNO3. The molecule has 0 aliphatic carbocycles. The fraction of sp³-hybridized carbons (Fsp3) is 0.471. The van der Waals surface area contributed by atoms with E-state index in [0.717, 1.165) is 22.9 Å². The normalized spacial score (nSPS) is 20.3. The summed E-state index contributed by atoms with van der Waals surface area (Å²) in [6.45, 7) is 10.4. The summed E-state index contributed by atoms with van der Waals surface area (Å²) < 4.78 is 12.1. The third-order valence-corrected chi connectivity index (χ3v) is 4.56. The van der Waals surface area contributed by atoms with Crippen LogP contribution in [-0.2, 0) is 9.31 Å². The standard InChI is InChI=1S/C17H24BNO3/c1-12-8-13(11-20)6-7-14(12)9-15(10-19)18-21-16(2,3)17(4,5)22-18/h6-9,11H,10,19H2,1-5H3. The molecule has 1 aliphatic heterocycles. The van der Waals surface area contributed by atoms with Gasteiger partial charge in [0.05, 0.1) is 11.2 Å². The maximum absolute atomic E-state index is 10.8. The fourth-order valence-corrected chi connectivity index (χ4v) is 2.35. The molecule has 0 spiro atoms. The lowest BCUT2D eigenvalue weighted by Crippen LogP contribution is -2.41. The monoisotopic (exact) mass is 301 g/mol. The van der Waals surface area contributed by atoms with Crippen LogP contribution in [0.1, 0.15) is 49.2 Å². The minimum absolute atomic E-state index is 0.353. The van der Waals surface area contributed by atoms with Crippen LogP contribution in [0, 0.1) is 6.92 Å². The number of rotatable bonds is 4. The van der Waals surface area contributed by atoms with Crippen molar-refractivity contribution < 1.29 is 14.1 Å². The molecule has 1 saturated heterocycles. The van der Waals surface area contributed by atoms with Crippen LogP contribution in [0.25, 0.3) is 6.08 Å². The Morgan fingerprint density at radius 3 is 2.27 bits per heavy atom. The molecule has 1 aromatic rings. The zero-order valence-corrected chi connectivity index (χ0v) is 14.0. The van der Waals surface area contributed by atoms with Crippen LogP contribution in [0.2, 0.25) is 0 Å². The zero-order valence-electron chi connectivity index (χ0n) is 14.0. The number of hydrogen-bond acceptors (Lipinski definition) is 4. The minimum Gasteiger partial charge on any atom is -0.400 e. The fourth-order valence-electron chi connectivity index (χ4n) is 2.35. The Labute approximate surface area is 132 Å². The zero-order chi connectivity index (χ0) is 16.5. The number of nitrogens with two attached hydrogens (primary N) is 1. The summed E-state index contributed by atoms with van der Waals surface area (Å²) in [5.74, 6) is 0. The van der Waals surface area contributed by atoms with Crippen molar-refractivity contribution >= 4 is 19.5 Å². The van der Waals surface area contributed by atoms with Gasteiger partial charge in [-0.05, 0) is 57.3 Å². The number of benzene rings is 1. The van der Waals surface area contributed by atoms with E-state index in [4.69, 9.17) is 15.0 Å². The largest absolute Gasteiger partial charge is 0.491 e. The summed E-state index contributed by atoms with van der Waals surface area (Å²) in [5, 5.41) is 0. The summed E-state index contributed by atoms with van der Waals surface area (Å²) in [5.41, 5.74) is 8.72. The lowest BCUT2D eigenvalue weighted by Gasteiger charge is -2.32. The Morgan fingerprint density at radius 2 is 1.82 bits per heavy atom. The molecule has 2 rings (SSSR count). The quantitative estimate of drug-likeness (QED) is 0.686. The average molecular weight is 301 g/mol. The third kappa shape index (κ3) is 3.17. The molecule has 0 unspecified atom stereocenters. The Bertz CT molecular complexity index is 592. The first-order valence-electron chi connectivity index (χ1n) is 7.52. The highest BCUT2D eigenvalue weighted by Gasteiger charge is 2.52. The molecule has 0 radical (unpaired) electrons. The average Bonchev–Trinajstić information content (AvgIpc) is 2.65. The Balaban J connectivity index is 2.31. The van der Waals surface area contributed by atoms with Crippen molar-refractivity contribution in [1.29, 1.82) is 0 Å². The van der Waals surface area contributed by atoms with E-state index in [2.05, 4.69) is 0 Å². The van der Waals surface area contributed by atoms with Crippen LogP contribution < -0.4 is 5.73 Å². The highest BCUT2D eigenvalue weighted by Crippen LogP contribution is 2.38. The molecule has 1 fully saturated rings. The molecular weight excluding hydrogens is 277 g/mol. The van der Waals surface area contributed by atoms with Crippen molar-refractivity contribution in [3.63, 3.8) is 0 Å². The smallest absolute Gasteiger partial charge is 0.400 e. The van der Waals surface area contributed by atoms with Gasteiger partial charge in [-0.15, -0.1) is 0 Å². The van der Waals surface area contributed by atoms with Crippen LogP contribution in [0.15, 0.2) is 23.7 Å². The first-order valence-corrected chi connectivity index (χ1v) is 7.52. The molecule has 22 heavy (non-hydrogen) atoms. The van der Waals surface area contributed by atoms with Crippen molar-refractivity contribution in [2.24, 2.45) is 5.73 Å². The van der Waals surface area contributed by atoms with Gasteiger partial charge in [0, 0.05) is 12.1 Å². The van der Waals surface area contributed by atoms with E-state index in [-0.39, 0.29) is 11.2 Å². The van der Waals surface area contributed by atoms with Gasteiger partial charge in [0.2, 0.25) is 0 Å². The Morgan fingerprint density at radius 1 is 1.23 bits per heavy atom. The van der Waals surface area contributed by atoms with Crippen molar-refractivity contribution in [3.05, 3.63) is 40.4 Å². The summed E-state index contributed by atoms with van der Waals surface area (Å²) in [6.07, 6.45) is 2.84. The molecule has 1 aliphatic rings. The minimum atomic E-state index is -0.444. The van der Waals surface area contributed by atoms with E-state index in [0.29, 0.717) is 12.1 Å².